The maximum Gasteiger partial charge on any atom is 0.153 e. The molecule has 1 aromatic heterocycles. The van der Waals surface area contributed by atoms with Gasteiger partial charge in [0.25, 0.3) is 0 Å². The number of nitrogens with zero attached hydrogens (tertiary/aromatic N) is 2. The second-order valence-electron chi connectivity index (χ2n) is 4.03. The molecule has 1 atom stereocenters. The molecule has 3 nitrogen and oxygen atoms in total. The molecular formula is C12H20N2O. The molecule has 0 amide bonds. The zero-order valence-electron chi connectivity index (χ0n) is 9.65. The van der Waals surface area contributed by atoms with E-state index in [2.05, 4.69) is 18.9 Å². The van der Waals surface area contributed by atoms with E-state index in [0.29, 0.717) is 11.5 Å². The number of hydrogen-bond acceptors (Lipinski definition) is 2. The van der Waals surface area contributed by atoms with Gasteiger partial charge in [-0.2, -0.15) is 5.10 Å². The Kier molecular flexibility index (Phi) is 5.08. The molecule has 3 heteroatoms. The zero-order valence-corrected chi connectivity index (χ0v) is 9.65. The van der Waals surface area contributed by atoms with Gasteiger partial charge in [0, 0.05) is 12.7 Å². The van der Waals surface area contributed by atoms with Crippen LogP contribution in [0.25, 0.3) is 0 Å². The number of aromatic nitrogens is 2. The van der Waals surface area contributed by atoms with Crippen LogP contribution in [0.3, 0.4) is 0 Å². The Morgan fingerprint density at radius 2 is 2.33 bits per heavy atom. The first kappa shape index (κ1) is 12.0. The monoisotopic (exact) mass is 208 g/mol. The highest BCUT2D eigenvalue weighted by molar-refractivity contribution is 5.73. The number of carbonyl (C=O) groups is 1. The smallest absolute Gasteiger partial charge is 0.153 e. The molecule has 1 heterocycles. The van der Waals surface area contributed by atoms with Gasteiger partial charge >= 0.3 is 0 Å². The Labute approximate surface area is 91.5 Å². The number of unbranched alkanes of at least 4 members (excludes halogenated alkanes) is 1. The molecule has 1 unspecified atom stereocenters. The van der Waals surface area contributed by atoms with E-state index in [1.165, 1.54) is 25.7 Å². The number of hydrogen-bond donors (Lipinski definition) is 0. The predicted octanol–water partition coefficient (Wildman–Crippen LogP) is 2.91. The van der Waals surface area contributed by atoms with E-state index in [4.69, 9.17) is 0 Å². The van der Waals surface area contributed by atoms with Crippen molar-refractivity contribution in [1.29, 1.82) is 0 Å². The summed E-state index contributed by atoms with van der Waals surface area (Å²) in [6.45, 7) is 5.36. The lowest BCUT2D eigenvalue weighted by atomic mass is 9.99. The molecular weight excluding hydrogens is 188 g/mol. The molecule has 0 bridgehead atoms. The molecule has 0 fully saturated rings. The summed E-state index contributed by atoms with van der Waals surface area (Å²) < 4.78 is 1.88. The van der Waals surface area contributed by atoms with Crippen molar-refractivity contribution in [3.05, 3.63) is 18.0 Å². The average Bonchev–Trinajstić information content (AvgIpc) is 2.71. The van der Waals surface area contributed by atoms with Crippen LogP contribution in [0.15, 0.2) is 12.4 Å². The lowest BCUT2D eigenvalue weighted by Gasteiger charge is -2.13. The average molecular weight is 208 g/mol. The van der Waals surface area contributed by atoms with Gasteiger partial charge in [-0.3, -0.25) is 9.48 Å². The van der Waals surface area contributed by atoms with Crippen molar-refractivity contribution in [3.63, 3.8) is 0 Å². The van der Waals surface area contributed by atoms with Gasteiger partial charge < -0.3 is 0 Å². The Morgan fingerprint density at radius 1 is 1.53 bits per heavy atom. The van der Waals surface area contributed by atoms with Gasteiger partial charge in [0.15, 0.2) is 6.29 Å². The minimum Gasteiger partial charge on any atom is -0.298 e. The molecule has 15 heavy (non-hydrogen) atoms. The van der Waals surface area contributed by atoms with Crippen molar-refractivity contribution in [1.82, 2.24) is 9.78 Å². The maximum atomic E-state index is 10.5. The van der Waals surface area contributed by atoms with Gasteiger partial charge in [-0.25, -0.2) is 0 Å². The fourth-order valence-corrected chi connectivity index (χ4v) is 1.72. The third-order valence-electron chi connectivity index (χ3n) is 2.78. The van der Waals surface area contributed by atoms with Crippen LogP contribution in [0.1, 0.15) is 49.9 Å². The largest absolute Gasteiger partial charge is 0.298 e. The molecule has 0 saturated carbocycles. The van der Waals surface area contributed by atoms with Crippen LogP contribution in [0.5, 0.6) is 0 Å². The number of aldehydes is 1. The third-order valence-corrected chi connectivity index (χ3v) is 2.78. The quantitative estimate of drug-likeness (QED) is 0.646. The summed E-state index contributed by atoms with van der Waals surface area (Å²) in [5, 5.41) is 4.17. The molecule has 84 valence electrons. The van der Waals surface area contributed by atoms with Gasteiger partial charge in [0.2, 0.25) is 0 Å². The van der Waals surface area contributed by atoms with E-state index >= 15 is 0 Å². The molecule has 0 N–H and O–H groups in total. The molecule has 0 aliphatic heterocycles. The van der Waals surface area contributed by atoms with Crippen LogP contribution in [0, 0.1) is 5.92 Å². The predicted molar refractivity (Wildman–Crippen MR) is 60.9 cm³/mol. The SMILES string of the molecule is CCCCC(CC)Cn1cc(C=O)cn1. The van der Waals surface area contributed by atoms with E-state index in [-0.39, 0.29) is 0 Å². The molecule has 1 rings (SSSR count). The van der Waals surface area contributed by atoms with Gasteiger partial charge in [-0.05, 0) is 12.3 Å². The van der Waals surface area contributed by atoms with Crippen LogP contribution in [-0.2, 0) is 6.54 Å². The summed E-state index contributed by atoms with van der Waals surface area (Å²) in [6.07, 6.45) is 9.24. The molecule has 0 aliphatic rings. The van der Waals surface area contributed by atoms with Gasteiger partial charge in [-0.15, -0.1) is 0 Å². The minimum absolute atomic E-state index is 0.667. The van der Waals surface area contributed by atoms with Crippen molar-refractivity contribution in [2.75, 3.05) is 0 Å². The number of carbonyl (C=O) groups excluding carboxylic acids is 1. The van der Waals surface area contributed by atoms with Crippen molar-refractivity contribution in [2.45, 2.75) is 46.1 Å². The normalized spacial score (nSPS) is 12.7. The molecule has 0 aromatic carbocycles. The van der Waals surface area contributed by atoms with Crippen LogP contribution in [0.2, 0.25) is 0 Å². The Hall–Kier alpha value is -1.12. The molecule has 1 aromatic rings. The minimum atomic E-state index is 0.667. The van der Waals surface area contributed by atoms with Gasteiger partial charge in [0.05, 0.1) is 11.8 Å². The van der Waals surface area contributed by atoms with Crippen molar-refractivity contribution >= 4 is 6.29 Å². The standard InChI is InChI=1S/C12H20N2O/c1-3-5-6-11(4-2)8-14-9-12(10-15)7-13-14/h7,9-11H,3-6,8H2,1-2H3. The van der Waals surface area contributed by atoms with Crippen LogP contribution < -0.4 is 0 Å². The van der Waals surface area contributed by atoms with E-state index in [9.17, 15) is 4.79 Å². The first-order chi connectivity index (χ1) is 7.30. The van der Waals surface area contributed by atoms with Crippen molar-refractivity contribution in [2.24, 2.45) is 5.92 Å². The second-order valence-corrected chi connectivity index (χ2v) is 4.03. The Morgan fingerprint density at radius 3 is 2.87 bits per heavy atom. The van der Waals surface area contributed by atoms with Crippen molar-refractivity contribution < 1.29 is 4.79 Å². The topological polar surface area (TPSA) is 34.9 Å². The summed E-state index contributed by atoms with van der Waals surface area (Å²) in [5.41, 5.74) is 0.667. The summed E-state index contributed by atoms with van der Waals surface area (Å²) in [6, 6.07) is 0. The zero-order chi connectivity index (χ0) is 11.1. The summed E-state index contributed by atoms with van der Waals surface area (Å²) >= 11 is 0. The Bertz CT molecular complexity index is 294. The van der Waals surface area contributed by atoms with E-state index in [1.807, 2.05) is 10.9 Å². The van der Waals surface area contributed by atoms with Gasteiger partial charge in [-0.1, -0.05) is 33.1 Å². The molecule has 0 aliphatic carbocycles. The lowest BCUT2D eigenvalue weighted by Crippen LogP contribution is -2.10. The van der Waals surface area contributed by atoms with Crippen LogP contribution in [0.4, 0.5) is 0 Å². The number of rotatable bonds is 7. The second kappa shape index (κ2) is 6.38. The highest BCUT2D eigenvalue weighted by Gasteiger charge is 2.07. The fourth-order valence-electron chi connectivity index (χ4n) is 1.72. The molecule has 0 radical (unpaired) electrons. The summed E-state index contributed by atoms with van der Waals surface area (Å²) in [7, 11) is 0. The molecule has 0 saturated heterocycles. The lowest BCUT2D eigenvalue weighted by molar-refractivity contribution is 0.112. The maximum absolute atomic E-state index is 10.5. The van der Waals surface area contributed by atoms with E-state index in [1.54, 1.807) is 6.20 Å². The summed E-state index contributed by atoms with van der Waals surface area (Å²) in [5.74, 6) is 0.685. The highest BCUT2D eigenvalue weighted by Crippen LogP contribution is 2.14. The first-order valence-electron chi connectivity index (χ1n) is 5.77. The highest BCUT2D eigenvalue weighted by atomic mass is 16.1. The van der Waals surface area contributed by atoms with Gasteiger partial charge in [0.1, 0.15) is 0 Å². The van der Waals surface area contributed by atoms with E-state index in [0.717, 1.165) is 12.8 Å². The van der Waals surface area contributed by atoms with Crippen molar-refractivity contribution in [3.8, 4) is 0 Å². The third kappa shape index (κ3) is 3.86. The summed E-state index contributed by atoms with van der Waals surface area (Å²) in [4.78, 5) is 10.5. The first-order valence-corrected chi connectivity index (χ1v) is 5.77. The van der Waals surface area contributed by atoms with E-state index < -0.39 is 0 Å². The molecule has 0 spiro atoms. The Balaban J connectivity index is 2.46. The van der Waals surface area contributed by atoms with Crippen LogP contribution >= 0.6 is 0 Å². The fraction of sp³-hybridized carbons (Fsp3) is 0.667. The van der Waals surface area contributed by atoms with Crippen LogP contribution in [-0.4, -0.2) is 16.1 Å².